The van der Waals surface area contributed by atoms with Crippen LogP contribution < -0.4 is 5.32 Å². The molecule has 0 unspecified atom stereocenters. The van der Waals surface area contributed by atoms with E-state index < -0.39 is 0 Å². The molecule has 6 nitrogen and oxygen atoms in total. The van der Waals surface area contributed by atoms with Gasteiger partial charge in [-0.05, 0) is 31.9 Å². The van der Waals surface area contributed by atoms with Gasteiger partial charge in [0.25, 0.3) is 5.91 Å². The normalized spacial score (nSPS) is 11.1. The van der Waals surface area contributed by atoms with Crippen LogP contribution >= 0.6 is 11.3 Å². The summed E-state index contributed by atoms with van der Waals surface area (Å²) in [6, 6.07) is 11.9. The number of fused-ring (bicyclic) bond motifs is 1. The molecule has 0 saturated heterocycles. The Morgan fingerprint density at radius 2 is 1.81 bits per heavy atom. The van der Waals surface area contributed by atoms with E-state index in [9.17, 15) is 4.79 Å². The fourth-order valence-electron chi connectivity index (χ4n) is 2.88. The van der Waals surface area contributed by atoms with Crippen molar-refractivity contribution in [2.75, 3.05) is 5.32 Å². The first-order chi connectivity index (χ1) is 13.0. The Hall–Kier alpha value is -3.06. The average molecular weight is 377 g/mol. The van der Waals surface area contributed by atoms with E-state index in [0.717, 1.165) is 33.8 Å². The van der Waals surface area contributed by atoms with Crippen LogP contribution in [0.3, 0.4) is 0 Å². The van der Waals surface area contributed by atoms with E-state index in [4.69, 9.17) is 4.98 Å². The zero-order chi connectivity index (χ0) is 19.0. The molecule has 4 aromatic rings. The molecule has 0 saturated carbocycles. The second-order valence-corrected chi connectivity index (χ2v) is 7.48. The van der Waals surface area contributed by atoms with Crippen molar-refractivity contribution in [2.24, 2.45) is 0 Å². The van der Waals surface area contributed by atoms with Crippen molar-refractivity contribution < 1.29 is 4.79 Å². The van der Waals surface area contributed by atoms with Crippen molar-refractivity contribution >= 4 is 28.0 Å². The fraction of sp³-hybridized carbons (Fsp3) is 0.200. The first-order valence-corrected chi connectivity index (χ1v) is 9.56. The lowest BCUT2D eigenvalue weighted by Crippen LogP contribution is -2.15. The largest absolute Gasteiger partial charge is 0.295 e. The highest BCUT2D eigenvalue weighted by Crippen LogP contribution is 2.27. The van der Waals surface area contributed by atoms with Crippen LogP contribution in [0.2, 0.25) is 0 Å². The molecule has 0 aliphatic carbocycles. The summed E-state index contributed by atoms with van der Waals surface area (Å²) in [5.41, 5.74) is 4.98. The number of amides is 1. The van der Waals surface area contributed by atoms with Gasteiger partial charge in [0.05, 0.1) is 0 Å². The second-order valence-electron chi connectivity index (χ2n) is 6.42. The van der Waals surface area contributed by atoms with Crippen molar-refractivity contribution in [3.8, 4) is 11.3 Å². The first-order valence-electron chi connectivity index (χ1n) is 8.74. The molecule has 3 heterocycles. The average Bonchev–Trinajstić information content (AvgIpc) is 3.26. The lowest BCUT2D eigenvalue weighted by Gasteiger charge is -2.06. The third-order valence-electron chi connectivity index (χ3n) is 4.30. The van der Waals surface area contributed by atoms with E-state index in [1.165, 1.54) is 11.3 Å². The van der Waals surface area contributed by atoms with Crippen LogP contribution in [0.1, 0.15) is 33.5 Å². The Kier molecular flexibility index (Phi) is 4.45. The van der Waals surface area contributed by atoms with Gasteiger partial charge in [-0.1, -0.05) is 54.2 Å². The number of nitrogens with one attached hydrogen (secondary N) is 1. The Morgan fingerprint density at radius 1 is 1.07 bits per heavy atom. The number of hydrogen-bond donors (Lipinski definition) is 1. The Balaban J connectivity index is 1.83. The number of nitrogens with zero attached hydrogens (tertiary/aromatic N) is 4. The monoisotopic (exact) mass is 377 g/mol. The molecule has 1 amide bonds. The molecule has 1 aromatic carbocycles. The highest BCUT2D eigenvalue weighted by atomic mass is 32.1. The van der Waals surface area contributed by atoms with Crippen molar-refractivity contribution in [3.05, 3.63) is 64.4 Å². The maximum absolute atomic E-state index is 13.1. The number of pyridine rings is 1. The van der Waals surface area contributed by atoms with E-state index in [0.29, 0.717) is 16.5 Å². The van der Waals surface area contributed by atoms with Crippen LogP contribution in [0, 0.1) is 13.8 Å². The molecule has 0 spiro atoms. The quantitative estimate of drug-likeness (QED) is 0.576. The summed E-state index contributed by atoms with van der Waals surface area (Å²) in [5.74, 6) is -0.248. The van der Waals surface area contributed by atoms with Crippen LogP contribution in [-0.2, 0) is 6.42 Å². The SMILES string of the molecule is CCc1nnc(NC(=O)c2c(-c3ccc(C)cc3)nc3ccc(C)cn23)s1. The third kappa shape index (κ3) is 3.33. The molecule has 27 heavy (non-hydrogen) atoms. The topological polar surface area (TPSA) is 72.2 Å². The molecule has 0 atom stereocenters. The van der Waals surface area contributed by atoms with Crippen molar-refractivity contribution in [3.63, 3.8) is 0 Å². The zero-order valence-corrected chi connectivity index (χ0v) is 16.2. The van der Waals surface area contributed by atoms with Gasteiger partial charge in [-0.25, -0.2) is 4.98 Å². The molecule has 4 rings (SSSR count). The first kappa shape index (κ1) is 17.4. The van der Waals surface area contributed by atoms with Gasteiger partial charge in [-0.2, -0.15) is 0 Å². The van der Waals surface area contributed by atoms with Gasteiger partial charge in [0.1, 0.15) is 22.0 Å². The van der Waals surface area contributed by atoms with E-state index in [2.05, 4.69) is 15.5 Å². The Bertz CT molecular complexity index is 1130. The lowest BCUT2D eigenvalue weighted by atomic mass is 10.1. The second kappa shape index (κ2) is 6.92. The molecule has 136 valence electrons. The number of aryl methyl sites for hydroxylation is 3. The van der Waals surface area contributed by atoms with E-state index in [-0.39, 0.29) is 5.91 Å². The smallest absolute Gasteiger partial charge is 0.276 e. The number of carbonyl (C=O) groups is 1. The lowest BCUT2D eigenvalue weighted by molar-refractivity contribution is 0.102. The van der Waals surface area contributed by atoms with E-state index >= 15 is 0 Å². The molecule has 0 aliphatic rings. The van der Waals surface area contributed by atoms with Crippen molar-refractivity contribution in [1.82, 2.24) is 19.6 Å². The van der Waals surface area contributed by atoms with Gasteiger partial charge >= 0.3 is 0 Å². The predicted molar refractivity (Wildman–Crippen MR) is 107 cm³/mol. The number of imidazole rings is 1. The minimum absolute atomic E-state index is 0.248. The summed E-state index contributed by atoms with van der Waals surface area (Å²) < 4.78 is 1.83. The van der Waals surface area contributed by atoms with E-state index in [1.54, 1.807) is 0 Å². The number of hydrogen-bond acceptors (Lipinski definition) is 5. The molecule has 3 aromatic heterocycles. The van der Waals surface area contributed by atoms with Crippen molar-refractivity contribution in [2.45, 2.75) is 27.2 Å². The van der Waals surface area contributed by atoms with Gasteiger partial charge in [-0.3, -0.25) is 14.5 Å². The minimum Gasteiger partial charge on any atom is -0.295 e. The minimum atomic E-state index is -0.248. The molecule has 7 heteroatoms. The maximum atomic E-state index is 13.1. The van der Waals surface area contributed by atoms with Gasteiger partial charge in [-0.15, -0.1) is 10.2 Å². The number of anilines is 1. The zero-order valence-electron chi connectivity index (χ0n) is 15.4. The summed E-state index contributed by atoms with van der Waals surface area (Å²) in [5, 5.41) is 12.4. The van der Waals surface area contributed by atoms with Gasteiger partial charge < -0.3 is 0 Å². The molecule has 1 N–H and O–H groups in total. The Morgan fingerprint density at radius 3 is 2.52 bits per heavy atom. The molecular formula is C20H19N5OS. The summed E-state index contributed by atoms with van der Waals surface area (Å²) in [6.45, 7) is 6.03. The summed E-state index contributed by atoms with van der Waals surface area (Å²) >= 11 is 1.39. The number of benzene rings is 1. The third-order valence-corrected chi connectivity index (χ3v) is 5.28. The highest BCUT2D eigenvalue weighted by molar-refractivity contribution is 7.15. The van der Waals surface area contributed by atoms with Gasteiger partial charge in [0.2, 0.25) is 5.13 Å². The summed E-state index contributed by atoms with van der Waals surface area (Å²) in [4.78, 5) is 17.8. The highest BCUT2D eigenvalue weighted by Gasteiger charge is 2.22. The Labute approximate surface area is 160 Å². The van der Waals surface area contributed by atoms with Gasteiger partial charge in [0.15, 0.2) is 0 Å². The number of aromatic nitrogens is 4. The molecular weight excluding hydrogens is 358 g/mol. The van der Waals surface area contributed by atoms with Crippen molar-refractivity contribution in [1.29, 1.82) is 0 Å². The predicted octanol–water partition coefficient (Wildman–Crippen LogP) is 4.28. The summed E-state index contributed by atoms with van der Waals surface area (Å²) in [7, 11) is 0. The van der Waals surface area contributed by atoms with Gasteiger partial charge in [0, 0.05) is 11.8 Å². The standard InChI is InChI=1S/C20H19N5OS/c1-4-16-23-24-20(27-16)22-19(26)18-17(14-8-5-12(2)6-9-14)21-15-10-7-13(3)11-25(15)18/h5-11H,4H2,1-3H3,(H,22,24,26). The molecule has 0 bridgehead atoms. The number of carbonyl (C=O) groups excluding carboxylic acids is 1. The van der Waals surface area contributed by atoms with Crippen LogP contribution in [-0.4, -0.2) is 25.5 Å². The van der Waals surface area contributed by atoms with Crippen LogP contribution in [0.25, 0.3) is 16.9 Å². The number of rotatable bonds is 4. The van der Waals surface area contributed by atoms with Crippen LogP contribution in [0.15, 0.2) is 42.6 Å². The molecule has 0 aliphatic heterocycles. The summed E-state index contributed by atoms with van der Waals surface area (Å²) in [6.07, 6.45) is 2.71. The van der Waals surface area contributed by atoms with Crippen LogP contribution in [0.4, 0.5) is 5.13 Å². The van der Waals surface area contributed by atoms with Crippen LogP contribution in [0.5, 0.6) is 0 Å². The molecule has 0 fully saturated rings. The fourth-order valence-corrected chi connectivity index (χ4v) is 3.56. The van der Waals surface area contributed by atoms with E-state index in [1.807, 2.05) is 67.8 Å². The maximum Gasteiger partial charge on any atom is 0.276 e. The molecule has 0 radical (unpaired) electrons.